The molecule has 0 radical (unpaired) electrons. The van der Waals surface area contributed by atoms with Crippen LogP contribution in [0, 0.1) is 11.3 Å². The van der Waals surface area contributed by atoms with Crippen molar-refractivity contribution in [2.45, 2.75) is 11.3 Å². The molecule has 144 valence electrons. The highest BCUT2D eigenvalue weighted by Gasteiger charge is 2.14. The summed E-state index contributed by atoms with van der Waals surface area (Å²) in [6.45, 7) is 0.0339. The summed E-state index contributed by atoms with van der Waals surface area (Å²) >= 11 is 1.45. The van der Waals surface area contributed by atoms with Crippen molar-refractivity contribution in [3.63, 3.8) is 0 Å². The summed E-state index contributed by atoms with van der Waals surface area (Å²) < 4.78 is 29.4. The van der Waals surface area contributed by atoms with Crippen LogP contribution >= 0.6 is 11.3 Å². The first-order chi connectivity index (χ1) is 13.4. The van der Waals surface area contributed by atoms with E-state index in [0.717, 1.165) is 10.2 Å². The number of aromatic nitrogens is 1. The smallest absolute Gasteiger partial charge is 0.271 e. The zero-order valence-corrected chi connectivity index (χ0v) is 16.5. The monoisotopic (exact) mass is 415 g/mol. The maximum absolute atomic E-state index is 12.3. The highest BCUT2D eigenvalue weighted by molar-refractivity contribution is 7.89. The van der Waals surface area contributed by atoms with Crippen LogP contribution in [0.1, 0.15) is 16.8 Å². The van der Waals surface area contributed by atoms with Crippen molar-refractivity contribution >= 4 is 37.5 Å². The van der Waals surface area contributed by atoms with E-state index in [1.165, 1.54) is 35.6 Å². The number of thiazole rings is 1. The number of para-hydroxylation sites is 1. The van der Waals surface area contributed by atoms with E-state index in [2.05, 4.69) is 15.2 Å². The Morgan fingerprint density at radius 3 is 2.61 bits per heavy atom. The third kappa shape index (κ3) is 4.28. The number of benzene rings is 2. The molecule has 0 saturated heterocycles. The predicted octanol–water partition coefficient (Wildman–Crippen LogP) is 1.68. The SMILES string of the molecule is Cn1/c(=N/NC(=O)c2ccc(S(=O)(=O)NCCC#N)cc2)sc2ccccc21. The number of sulfonamides is 1. The summed E-state index contributed by atoms with van der Waals surface area (Å²) in [7, 11) is -1.84. The summed E-state index contributed by atoms with van der Waals surface area (Å²) in [5, 5.41) is 12.6. The van der Waals surface area contributed by atoms with E-state index in [1.807, 2.05) is 41.9 Å². The number of aryl methyl sites for hydroxylation is 1. The van der Waals surface area contributed by atoms with Crippen LogP contribution in [0.3, 0.4) is 0 Å². The number of rotatable bonds is 6. The Morgan fingerprint density at radius 2 is 1.93 bits per heavy atom. The van der Waals surface area contributed by atoms with Gasteiger partial charge in [-0.15, -0.1) is 5.10 Å². The molecular weight excluding hydrogens is 398 g/mol. The summed E-state index contributed by atoms with van der Waals surface area (Å²) in [6.07, 6.45) is 0.0797. The highest BCUT2D eigenvalue weighted by atomic mass is 32.2. The number of nitriles is 1. The number of nitrogens with zero attached hydrogens (tertiary/aromatic N) is 3. The molecule has 0 aliphatic rings. The number of hydrogen-bond donors (Lipinski definition) is 2. The molecule has 8 nitrogen and oxygen atoms in total. The van der Waals surface area contributed by atoms with Gasteiger partial charge < -0.3 is 4.57 Å². The lowest BCUT2D eigenvalue weighted by atomic mass is 10.2. The highest BCUT2D eigenvalue weighted by Crippen LogP contribution is 2.15. The molecule has 10 heteroatoms. The topological polar surface area (TPSA) is 116 Å². The molecule has 28 heavy (non-hydrogen) atoms. The molecule has 0 bridgehead atoms. The molecule has 1 amide bonds. The van der Waals surface area contributed by atoms with Gasteiger partial charge in [0.15, 0.2) is 0 Å². The molecule has 0 spiro atoms. The molecule has 2 aromatic carbocycles. The van der Waals surface area contributed by atoms with Crippen molar-refractivity contribution in [3.8, 4) is 6.07 Å². The van der Waals surface area contributed by atoms with E-state index in [9.17, 15) is 13.2 Å². The largest absolute Gasteiger partial charge is 0.318 e. The van der Waals surface area contributed by atoms with Crippen LogP contribution < -0.4 is 14.9 Å². The quantitative estimate of drug-likeness (QED) is 0.470. The molecule has 0 fully saturated rings. The van der Waals surface area contributed by atoms with Crippen molar-refractivity contribution < 1.29 is 13.2 Å². The average Bonchev–Trinajstić information content (AvgIpc) is 3.02. The number of carbonyl (C=O) groups is 1. The molecule has 1 heterocycles. The Balaban J connectivity index is 1.74. The second-order valence-electron chi connectivity index (χ2n) is 5.79. The molecule has 2 N–H and O–H groups in total. The number of nitrogens with one attached hydrogen (secondary N) is 2. The lowest BCUT2D eigenvalue weighted by molar-refractivity contribution is 0.0953. The van der Waals surface area contributed by atoms with Crippen LogP contribution in [0.15, 0.2) is 58.5 Å². The van der Waals surface area contributed by atoms with Gasteiger partial charge >= 0.3 is 0 Å². The zero-order valence-electron chi connectivity index (χ0n) is 14.9. The van der Waals surface area contributed by atoms with Crippen LogP contribution in [0.2, 0.25) is 0 Å². The number of hydrogen-bond acceptors (Lipinski definition) is 6. The molecule has 0 aliphatic heterocycles. The third-order valence-electron chi connectivity index (χ3n) is 3.92. The Morgan fingerprint density at radius 1 is 1.21 bits per heavy atom. The third-order valence-corrected chi connectivity index (χ3v) is 6.51. The van der Waals surface area contributed by atoms with E-state index >= 15 is 0 Å². The van der Waals surface area contributed by atoms with E-state index in [0.29, 0.717) is 4.80 Å². The summed E-state index contributed by atoms with van der Waals surface area (Å²) in [5.74, 6) is -0.446. The second-order valence-corrected chi connectivity index (χ2v) is 8.57. The van der Waals surface area contributed by atoms with Crippen molar-refractivity contribution in [3.05, 3.63) is 58.9 Å². The van der Waals surface area contributed by atoms with E-state index in [1.54, 1.807) is 0 Å². The Kier molecular flexibility index (Phi) is 5.89. The predicted molar refractivity (Wildman–Crippen MR) is 106 cm³/mol. The minimum atomic E-state index is -3.71. The average molecular weight is 416 g/mol. The number of carbonyl (C=O) groups excluding carboxylic acids is 1. The fourth-order valence-electron chi connectivity index (χ4n) is 2.46. The van der Waals surface area contributed by atoms with Crippen LogP contribution in [-0.4, -0.2) is 25.4 Å². The molecule has 1 aromatic heterocycles. The van der Waals surface area contributed by atoms with Gasteiger partial charge in [0.05, 0.1) is 21.2 Å². The second kappa shape index (κ2) is 8.35. The summed E-state index contributed by atoms with van der Waals surface area (Å²) in [6, 6.07) is 15.2. The first kappa shape index (κ1) is 19.8. The Bertz CT molecular complexity index is 1220. The first-order valence-electron chi connectivity index (χ1n) is 8.28. The van der Waals surface area contributed by atoms with Gasteiger partial charge in [-0.25, -0.2) is 18.6 Å². The van der Waals surface area contributed by atoms with Gasteiger partial charge in [0.1, 0.15) is 0 Å². The van der Waals surface area contributed by atoms with Gasteiger partial charge in [-0.3, -0.25) is 4.79 Å². The molecule has 0 aliphatic carbocycles. The fraction of sp³-hybridized carbons (Fsp3) is 0.167. The fourth-order valence-corrected chi connectivity index (χ4v) is 4.47. The number of amides is 1. The molecule has 0 unspecified atom stereocenters. The lowest BCUT2D eigenvalue weighted by Gasteiger charge is -2.06. The van der Waals surface area contributed by atoms with Crippen molar-refractivity contribution in [2.75, 3.05) is 6.54 Å². The number of fused-ring (bicyclic) bond motifs is 1. The normalized spacial score (nSPS) is 12.1. The van der Waals surface area contributed by atoms with Crippen LogP contribution in [0.25, 0.3) is 10.2 Å². The van der Waals surface area contributed by atoms with E-state index < -0.39 is 15.9 Å². The van der Waals surface area contributed by atoms with Crippen LogP contribution in [0.5, 0.6) is 0 Å². The molecule has 3 rings (SSSR count). The van der Waals surface area contributed by atoms with Gasteiger partial charge in [0, 0.05) is 25.6 Å². The molecule has 3 aromatic rings. The van der Waals surface area contributed by atoms with Gasteiger partial charge in [-0.1, -0.05) is 23.5 Å². The molecular formula is C18H17N5O3S2. The standard InChI is InChI=1S/C18H17N5O3S2/c1-23-15-5-2-3-6-16(15)27-18(23)22-21-17(24)13-7-9-14(10-8-13)28(25,26)20-12-4-11-19/h2-3,5-10,20H,4,12H2,1H3,(H,21,24)/b22-18-. The van der Waals surface area contributed by atoms with Gasteiger partial charge in [0.2, 0.25) is 14.8 Å². The lowest BCUT2D eigenvalue weighted by Crippen LogP contribution is -2.25. The maximum atomic E-state index is 12.3. The molecule has 0 saturated carbocycles. The van der Waals surface area contributed by atoms with Crippen molar-refractivity contribution in [1.82, 2.24) is 14.7 Å². The van der Waals surface area contributed by atoms with E-state index in [4.69, 9.17) is 5.26 Å². The van der Waals surface area contributed by atoms with Crippen molar-refractivity contribution in [2.24, 2.45) is 12.1 Å². The Hall–Kier alpha value is -3.00. The summed E-state index contributed by atoms with van der Waals surface area (Å²) in [4.78, 5) is 13.0. The van der Waals surface area contributed by atoms with Crippen LogP contribution in [0.4, 0.5) is 0 Å². The first-order valence-corrected chi connectivity index (χ1v) is 10.6. The maximum Gasteiger partial charge on any atom is 0.271 e. The van der Waals surface area contributed by atoms with Gasteiger partial charge in [0.25, 0.3) is 5.91 Å². The van der Waals surface area contributed by atoms with E-state index in [-0.39, 0.29) is 23.4 Å². The van der Waals surface area contributed by atoms with Crippen LogP contribution in [-0.2, 0) is 17.1 Å². The van der Waals surface area contributed by atoms with Gasteiger partial charge in [-0.2, -0.15) is 5.26 Å². The van der Waals surface area contributed by atoms with Gasteiger partial charge in [-0.05, 0) is 36.4 Å². The van der Waals surface area contributed by atoms with Crippen molar-refractivity contribution in [1.29, 1.82) is 5.26 Å². The minimum absolute atomic E-state index is 0.0230. The zero-order chi connectivity index (χ0) is 20.1. The Labute approximate surface area is 165 Å². The molecule has 0 atom stereocenters. The minimum Gasteiger partial charge on any atom is -0.318 e. The summed E-state index contributed by atoms with van der Waals surface area (Å²) in [5.41, 5.74) is 3.79.